The van der Waals surface area contributed by atoms with Crippen LogP contribution < -0.4 is 0 Å². The molecule has 0 aromatic carbocycles. The van der Waals surface area contributed by atoms with Crippen LogP contribution in [0.4, 0.5) is 0 Å². The van der Waals surface area contributed by atoms with E-state index in [4.69, 9.17) is 4.74 Å². The lowest BCUT2D eigenvalue weighted by atomic mass is 9.82. The van der Waals surface area contributed by atoms with Crippen LogP contribution in [-0.2, 0) is 16.1 Å². The Balaban J connectivity index is 1.94. The minimum atomic E-state index is 0.295. The van der Waals surface area contributed by atoms with Gasteiger partial charge in [0.2, 0.25) is 5.91 Å². The van der Waals surface area contributed by atoms with Crippen molar-refractivity contribution < 1.29 is 9.53 Å². The molecule has 0 atom stereocenters. The standard InChI is InChI=1S/C24H44N4O2/c1-6-7-14-27(4)18-21-16-25-26-24(21)20-10-12-22(13-11-20)28(17-19(2)3)23(29)9-8-15-30-5/h16,19-20,22H,6-15,17-18H2,1-5H3,(H,25,26). The maximum Gasteiger partial charge on any atom is 0.222 e. The van der Waals surface area contributed by atoms with Crippen LogP contribution in [0.25, 0.3) is 0 Å². The smallest absolute Gasteiger partial charge is 0.222 e. The van der Waals surface area contributed by atoms with Crippen molar-refractivity contribution in [3.05, 3.63) is 17.5 Å². The van der Waals surface area contributed by atoms with Crippen molar-refractivity contribution in [3.63, 3.8) is 0 Å². The Kier molecular flexibility index (Phi) is 10.9. The largest absolute Gasteiger partial charge is 0.385 e. The Labute approximate surface area is 183 Å². The van der Waals surface area contributed by atoms with Crippen LogP contribution in [0, 0.1) is 5.92 Å². The average molecular weight is 421 g/mol. The number of carbonyl (C=O) groups excluding carboxylic acids is 1. The highest BCUT2D eigenvalue weighted by Gasteiger charge is 2.31. The highest BCUT2D eigenvalue weighted by atomic mass is 16.5. The van der Waals surface area contributed by atoms with Crippen LogP contribution in [0.3, 0.4) is 0 Å². The molecule has 0 saturated heterocycles. The van der Waals surface area contributed by atoms with E-state index in [0.717, 1.165) is 51.7 Å². The number of ether oxygens (including phenoxy) is 1. The number of aromatic amines is 1. The summed E-state index contributed by atoms with van der Waals surface area (Å²) in [5.41, 5.74) is 2.66. The Morgan fingerprint density at radius 3 is 2.63 bits per heavy atom. The molecule has 0 aliphatic heterocycles. The molecule has 1 aromatic heterocycles. The number of hydrogen-bond acceptors (Lipinski definition) is 4. The first-order valence-corrected chi connectivity index (χ1v) is 11.9. The highest BCUT2D eigenvalue weighted by molar-refractivity contribution is 5.76. The molecule has 2 rings (SSSR count). The number of methoxy groups -OCH3 is 1. The van der Waals surface area contributed by atoms with Gasteiger partial charge in [-0.3, -0.25) is 9.89 Å². The van der Waals surface area contributed by atoms with Crippen LogP contribution in [0.1, 0.15) is 89.3 Å². The van der Waals surface area contributed by atoms with E-state index in [1.54, 1.807) is 7.11 Å². The summed E-state index contributed by atoms with van der Waals surface area (Å²) in [6.07, 6.45) is 10.3. The SMILES string of the molecule is CCCCN(C)Cc1cn[nH]c1C1CCC(N(CC(C)C)C(=O)CCCOC)CC1. The lowest BCUT2D eigenvalue weighted by molar-refractivity contribution is -0.135. The molecule has 0 unspecified atom stereocenters. The fourth-order valence-corrected chi connectivity index (χ4v) is 4.63. The van der Waals surface area contributed by atoms with Gasteiger partial charge < -0.3 is 14.5 Å². The molecule has 1 N–H and O–H groups in total. The number of rotatable bonds is 13. The van der Waals surface area contributed by atoms with Gasteiger partial charge in [0, 0.05) is 56.4 Å². The summed E-state index contributed by atoms with van der Waals surface area (Å²) >= 11 is 0. The van der Waals surface area contributed by atoms with Crippen LogP contribution in [0.15, 0.2) is 6.20 Å². The van der Waals surface area contributed by atoms with Gasteiger partial charge in [0.1, 0.15) is 0 Å². The zero-order chi connectivity index (χ0) is 21.9. The normalized spacial score (nSPS) is 19.6. The summed E-state index contributed by atoms with van der Waals surface area (Å²) in [6.45, 7) is 10.2. The topological polar surface area (TPSA) is 61.5 Å². The monoisotopic (exact) mass is 420 g/mol. The molecule has 6 nitrogen and oxygen atoms in total. The minimum absolute atomic E-state index is 0.295. The lowest BCUT2D eigenvalue weighted by Crippen LogP contribution is -2.44. The molecule has 1 fully saturated rings. The van der Waals surface area contributed by atoms with Gasteiger partial charge >= 0.3 is 0 Å². The number of hydrogen-bond donors (Lipinski definition) is 1. The Hall–Kier alpha value is -1.40. The third-order valence-corrected chi connectivity index (χ3v) is 6.25. The van der Waals surface area contributed by atoms with E-state index >= 15 is 0 Å². The predicted octanol–water partition coefficient (Wildman–Crippen LogP) is 4.58. The third kappa shape index (κ3) is 7.69. The zero-order valence-corrected chi connectivity index (χ0v) is 20.0. The average Bonchev–Trinajstić information content (AvgIpc) is 3.18. The number of unbranched alkanes of at least 4 members (excludes halogenated alkanes) is 1. The van der Waals surface area contributed by atoms with E-state index in [-0.39, 0.29) is 0 Å². The summed E-state index contributed by atoms with van der Waals surface area (Å²) in [5, 5.41) is 7.67. The summed E-state index contributed by atoms with van der Waals surface area (Å²) in [7, 11) is 3.89. The highest BCUT2D eigenvalue weighted by Crippen LogP contribution is 2.36. The molecule has 1 aromatic rings. The maximum atomic E-state index is 12.9. The molecule has 6 heteroatoms. The molecule has 0 radical (unpaired) electrons. The lowest BCUT2D eigenvalue weighted by Gasteiger charge is -2.38. The molecule has 30 heavy (non-hydrogen) atoms. The van der Waals surface area contributed by atoms with Crippen molar-refractivity contribution in [1.82, 2.24) is 20.0 Å². The molecule has 1 aliphatic rings. The van der Waals surface area contributed by atoms with Crippen molar-refractivity contribution >= 4 is 5.91 Å². The van der Waals surface area contributed by atoms with Crippen molar-refractivity contribution in [2.45, 2.75) is 90.6 Å². The summed E-state index contributed by atoms with van der Waals surface area (Å²) < 4.78 is 5.13. The molecule has 1 aliphatic carbocycles. The first-order valence-electron chi connectivity index (χ1n) is 11.9. The Bertz CT molecular complexity index is 608. The number of H-pyrrole nitrogens is 1. The number of aromatic nitrogens is 2. The predicted molar refractivity (Wildman–Crippen MR) is 122 cm³/mol. The fraction of sp³-hybridized carbons (Fsp3) is 0.833. The van der Waals surface area contributed by atoms with Gasteiger partial charge in [0.15, 0.2) is 0 Å². The van der Waals surface area contributed by atoms with Gasteiger partial charge in [-0.1, -0.05) is 27.2 Å². The van der Waals surface area contributed by atoms with Crippen LogP contribution in [-0.4, -0.2) is 65.8 Å². The summed E-state index contributed by atoms with van der Waals surface area (Å²) in [6, 6.07) is 0.372. The fourth-order valence-electron chi connectivity index (χ4n) is 4.63. The number of carbonyl (C=O) groups is 1. The molecular weight excluding hydrogens is 376 g/mol. The van der Waals surface area contributed by atoms with E-state index in [9.17, 15) is 4.79 Å². The maximum absolute atomic E-state index is 12.9. The van der Waals surface area contributed by atoms with Crippen LogP contribution in [0.2, 0.25) is 0 Å². The molecule has 1 saturated carbocycles. The second-order valence-corrected chi connectivity index (χ2v) is 9.44. The minimum Gasteiger partial charge on any atom is -0.385 e. The van der Waals surface area contributed by atoms with E-state index in [1.165, 1.54) is 24.1 Å². The molecular formula is C24H44N4O2. The first-order chi connectivity index (χ1) is 14.5. The summed E-state index contributed by atoms with van der Waals surface area (Å²) in [4.78, 5) is 17.4. The van der Waals surface area contributed by atoms with Crippen LogP contribution >= 0.6 is 0 Å². The number of nitrogens with one attached hydrogen (secondary N) is 1. The number of amides is 1. The molecule has 172 valence electrons. The molecule has 0 bridgehead atoms. The van der Waals surface area contributed by atoms with Gasteiger partial charge in [-0.25, -0.2) is 0 Å². The first kappa shape index (κ1) is 24.9. The van der Waals surface area contributed by atoms with Gasteiger partial charge in [-0.05, 0) is 58.0 Å². The van der Waals surface area contributed by atoms with Gasteiger partial charge in [-0.2, -0.15) is 5.10 Å². The van der Waals surface area contributed by atoms with Crippen molar-refractivity contribution in [1.29, 1.82) is 0 Å². The Morgan fingerprint density at radius 1 is 1.27 bits per heavy atom. The van der Waals surface area contributed by atoms with Crippen molar-refractivity contribution in [2.24, 2.45) is 5.92 Å². The van der Waals surface area contributed by atoms with E-state index in [2.05, 4.69) is 47.8 Å². The molecule has 0 spiro atoms. The van der Waals surface area contributed by atoms with Crippen LogP contribution in [0.5, 0.6) is 0 Å². The summed E-state index contributed by atoms with van der Waals surface area (Å²) in [5.74, 6) is 1.32. The van der Waals surface area contributed by atoms with Gasteiger partial charge in [0.25, 0.3) is 0 Å². The Morgan fingerprint density at radius 2 is 2.00 bits per heavy atom. The van der Waals surface area contributed by atoms with Crippen molar-refractivity contribution in [3.8, 4) is 0 Å². The van der Waals surface area contributed by atoms with E-state index in [1.807, 2.05) is 6.20 Å². The van der Waals surface area contributed by atoms with Gasteiger partial charge in [-0.15, -0.1) is 0 Å². The second kappa shape index (κ2) is 13.1. The zero-order valence-electron chi connectivity index (χ0n) is 20.0. The van der Waals surface area contributed by atoms with E-state index < -0.39 is 0 Å². The second-order valence-electron chi connectivity index (χ2n) is 9.44. The van der Waals surface area contributed by atoms with Crippen molar-refractivity contribution in [2.75, 3.05) is 33.9 Å². The van der Waals surface area contributed by atoms with E-state index in [0.29, 0.717) is 36.8 Å². The molecule has 1 heterocycles. The van der Waals surface area contributed by atoms with Gasteiger partial charge in [0.05, 0.1) is 6.20 Å². The third-order valence-electron chi connectivity index (χ3n) is 6.25. The molecule has 1 amide bonds. The number of nitrogens with zero attached hydrogens (tertiary/aromatic N) is 3. The quantitative estimate of drug-likeness (QED) is 0.475.